The number of thiazole rings is 2. The van der Waals surface area contributed by atoms with Gasteiger partial charge in [0.2, 0.25) is 0 Å². The van der Waals surface area contributed by atoms with Gasteiger partial charge in [0.15, 0.2) is 5.13 Å². The Bertz CT molecular complexity index is 632. The van der Waals surface area contributed by atoms with Crippen LogP contribution in [0.4, 0.5) is 5.13 Å². The molecule has 1 aliphatic rings. The van der Waals surface area contributed by atoms with E-state index in [9.17, 15) is 4.79 Å². The first-order valence-corrected chi connectivity index (χ1v) is 8.79. The van der Waals surface area contributed by atoms with Gasteiger partial charge >= 0.3 is 0 Å². The largest absolute Gasteiger partial charge is 0.362 e. The van der Waals surface area contributed by atoms with E-state index >= 15 is 0 Å². The van der Waals surface area contributed by atoms with Crippen molar-refractivity contribution in [3.63, 3.8) is 0 Å². The summed E-state index contributed by atoms with van der Waals surface area (Å²) in [6.07, 6.45) is 3.96. The number of hydrogen-bond acceptors (Lipinski definition) is 6. The summed E-state index contributed by atoms with van der Waals surface area (Å²) in [4.78, 5) is 21.8. The Morgan fingerprint density at radius 2 is 2.33 bits per heavy atom. The third-order valence-corrected chi connectivity index (χ3v) is 5.34. The Labute approximate surface area is 131 Å². The van der Waals surface area contributed by atoms with Gasteiger partial charge in [0, 0.05) is 17.6 Å². The fourth-order valence-corrected chi connectivity index (χ4v) is 3.88. The fourth-order valence-electron chi connectivity index (χ4n) is 2.15. The van der Waals surface area contributed by atoms with E-state index < -0.39 is 0 Å². The van der Waals surface area contributed by atoms with Crippen molar-refractivity contribution in [3.05, 3.63) is 27.2 Å². The van der Waals surface area contributed by atoms with Gasteiger partial charge in [-0.25, -0.2) is 9.97 Å². The lowest BCUT2D eigenvalue weighted by Gasteiger charge is -2.14. The first-order chi connectivity index (χ1) is 10.2. The minimum absolute atomic E-state index is 0.0425. The lowest BCUT2D eigenvalue weighted by molar-refractivity contribution is 0.0935. The van der Waals surface area contributed by atoms with E-state index in [-0.39, 0.29) is 11.9 Å². The predicted octanol–water partition coefficient (Wildman–Crippen LogP) is 3.22. The number of nitrogens with zero attached hydrogens (tertiary/aromatic N) is 2. The van der Waals surface area contributed by atoms with E-state index in [1.165, 1.54) is 11.3 Å². The third-order valence-electron chi connectivity index (χ3n) is 3.34. The van der Waals surface area contributed by atoms with Crippen LogP contribution in [0.15, 0.2) is 11.6 Å². The zero-order chi connectivity index (χ0) is 14.8. The van der Waals surface area contributed by atoms with Crippen LogP contribution in [-0.2, 0) is 0 Å². The summed E-state index contributed by atoms with van der Waals surface area (Å²) in [6, 6.07) is 0.0425. The quantitative estimate of drug-likeness (QED) is 0.857. The SMILES string of the molecule is CCNc1ncc(C(=O)NC(c2nc(C)cs2)C2CC2)s1. The molecule has 1 atom stereocenters. The molecule has 3 rings (SSSR count). The minimum Gasteiger partial charge on any atom is -0.362 e. The van der Waals surface area contributed by atoms with E-state index in [2.05, 4.69) is 20.6 Å². The summed E-state index contributed by atoms with van der Waals surface area (Å²) in [7, 11) is 0. The summed E-state index contributed by atoms with van der Waals surface area (Å²) >= 11 is 3.01. The highest BCUT2D eigenvalue weighted by Gasteiger charge is 2.35. The van der Waals surface area contributed by atoms with Gasteiger partial charge in [-0.15, -0.1) is 11.3 Å². The lowest BCUT2D eigenvalue weighted by atomic mass is 10.2. The number of aryl methyl sites for hydroxylation is 1. The molecule has 1 unspecified atom stereocenters. The molecule has 2 aromatic rings. The first kappa shape index (κ1) is 14.5. The minimum atomic E-state index is -0.0543. The van der Waals surface area contributed by atoms with Gasteiger partial charge in [0.05, 0.1) is 12.2 Å². The highest BCUT2D eigenvalue weighted by molar-refractivity contribution is 7.17. The molecule has 0 bridgehead atoms. The van der Waals surface area contributed by atoms with E-state index in [1.54, 1.807) is 17.5 Å². The molecular formula is C14H18N4OS2. The van der Waals surface area contributed by atoms with Crippen molar-refractivity contribution in [2.45, 2.75) is 32.7 Å². The standard InChI is InChI=1S/C14H18N4OS2/c1-3-15-14-16-6-10(21-14)12(19)18-11(9-4-5-9)13-17-8(2)7-20-13/h6-7,9,11H,3-5H2,1-2H3,(H,15,16)(H,18,19). The van der Waals surface area contributed by atoms with E-state index in [1.807, 2.05) is 19.2 Å². The van der Waals surface area contributed by atoms with Crippen molar-refractivity contribution < 1.29 is 4.79 Å². The highest BCUT2D eigenvalue weighted by atomic mass is 32.1. The van der Waals surface area contributed by atoms with Crippen molar-refractivity contribution in [1.82, 2.24) is 15.3 Å². The molecule has 1 saturated carbocycles. The Morgan fingerprint density at radius 1 is 1.52 bits per heavy atom. The first-order valence-electron chi connectivity index (χ1n) is 7.10. The molecule has 0 aromatic carbocycles. The Hall–Kier alpha value is -1.47. The smallest absolute Gasteiger partial charge is 0.263 e. The molecule has 0 saturated heterocycles. The zero-order valence-corrected chi connectivity index (χ0v) is 13.7. The Balaban J connectivity index is 1.71. The molecule has 1 amide bonds. The Kier molecular flexibility index (Phi) is 4.21. The molecule has 0 spiro atoms. The maximum atomic E-state index is 12.4. The van der Waals surface area contributed by atoms with E-state index in [0.717, 1.165) is 35.2 Å². The number of amides is 1. The molecule has 21 heavy (non-hydrogen) atoms. The van der Waals surface area contributed by atoms with Crippen LogP contribution in [0, 0.1) is 12.8 Å². The maximum absolute atomic E-state index is 12.4. The molecular weight excluding hydrogens is 304 g/mol. The highest BCUT2D eigenvalue weighted by Crippen LogP contribution is 2.42. The van der Waals surface area contributed by atoms with Crippen LogP contribution in [0.1, 0.15) is 46.2 Å². The van der Waals surface area contributed by atoms with Crippen LogP contribution in [0.2, 0.25) is 0 Å². The second kappa shape index (κ2) is 6.11. The monoisotopic (exact) mass is 322 g/mol. The third kappa shape index (κ3) is 3.41. The number of aromatic nitrogens is 2. The molecule has 1 fully saturated rings. The topological polar surface area (TPSA) is 66.9 Å². The van der Waals surface area contributed by atoms with Crippen molar-refractivity contribution in [2.75, 3.05) is 11.9 Å². The second-order valence-electron chi connectivity index (χ2n) is 5.18. The second-order valence-corrected chi connectivity index (χ2v) is 7.10. The number of anilines is 1. The summed E-state index contributed by atoms with van der Waals surface area (Å²) in [5.74, 6) is 0.474. The molecule has 0 radical (unpaired) electrons. The Morgan fingerprint density at radius 3 is 2.95 bits per heavy atom. The van der Waals surface area contributed by atoms with Crippen LogP contribution < -0.4 is 10.6 Å². The zero-order valence-electron chi connectivity index (χ0n) is 12.0. The van der Waals surface area contributed by atoms with Crippen LogP contribution >= 0.6 is 22.7 Å². The van der Waals surface area contributed by atoms with Crippen molar-refractivity contribution in [2.24, 2.45) is 5.92 Å². The molecule has 2 N–H and O–H groups in total. The average Bonchev–Trinajstić information content (AvgIpc) is 3.04. The van der Waals surface area contributed by atoms with Crippen LogP contribution in [0.25, 0.3) is 0 Å². The molecule has 0 aliphatic heterocycles. The molecule has 2 aromatic heterocycles. The average molecular weight is 322 g/mol. The number of nitrogens with one attached hydrogen (secondary N) is 2. The van der Waals surface area contributed by atoms with Gasteiger partial charge in [-0.05, 0) is 32.6 Å². The van der Waals surface area contributed by atoms with Gasteiger partial charge in [0.25, 0.3) is 5.91 Å². The van der Waals surface area contributed by atoms with Crippen molar-refractivity contribution >= 4 is 33.7 Å². The number of carbonyl (C=O) groups excluding carboxylic acids is 1. The summed E-state index contributed by atoms with van der Waals surface area (Å²) in [5, 5.41) is 10.1. The molecule has 7 heteroatoms. The number of hydrogen-bond donors (Lipinski definition) is 2. The van der Waals surface area contributed by atoms with Crippen LogP contribution in [0.3, 0.4) is 0 Å². The number of rotatable bonds is 6. The van der Waals surface area contributed by atoms with Gasteiger partial charge in [-0.2, -0.15) is 0 Å². The number of carbonyl (C=O) groups is 1. The normalized spacial score (nSPS) is 15.7. The summed E-state index contributed by atoms with van der Waals surface area (Å²) < 4.78 is 0. The molecule has 2 heterocycles. The van der Waals surface area contributed by atoms with E-state index in [0.29, 0.717) is 10.8 Å². The van der Waals surface area contributed by atoms with Crippen LogP contribution in [0.5, 0.6) is 0 Å². The van der Waals surface area contributed by atoms with Crippen molar-refractivity contribution in [3.8, 4) is 0 Å². The van der Waals surface area contributed by atoms with Gasteiger partial charge in [-0.1, -0.05) is 11.3 Å². The molecule has 112 valence electrons. The van der Waals surface area contributed by atoms with Gasteiger partial charge in [-0.3, -0.25) is 4.79 Å². The summed E-state index contributed by atoms with van der Waals surface area (Å²) in [5.41, 5.74) is 1.02. The lowest BCUT2D eigenvalue weighted by Crippen LogP contribution is -2.29. The van der Waals surface area contributed by atoms with Crippen molar-refractivity contribution in [1.29, 1.82) is 0 Å². The maximum Gasteiger partial charge on any atom is 0.263 e. The molecule has 1 aliphatic carbocycles. The predicted molar refractivity (Wildman–Crippen MR) is 86.1 cm³/mol. The fraction of sp³-hybridized carbons (Fsp3) is 0.500. The van der Waals surface area contributed by atoms with E-state index in [4.69, 9.17) is 0 Å². The van der Waals surface area contributed by atoms with Gasteiger partial charge < -0.3 is 10.6 Å². The molecule has 5 nitrogen and oxygen atoms in total. The van der Waals surface area contributed by atoms with Crippen LogP contribution in [-0.4, -0.2) is 22.4 Å². The summed E-state index contributed by atoms with van der Waals surface area (Å²) in [6.45, 7) is 4.80. The van der Waals surface area contributed by atoms with Gasteiger partial charge in [0.1, 0.15) is 9.88 Å².